The molecule has 0 aliphatic carbocycles. The molecule has 2 aromatic rings. The Kier molecular flexibility index (Phi) is 4.03. The van der Waals surface area contributed by atoms with Crippen LogP contribution in [0.4, 0.5) is 10.1 Å². The molecule has 2 aromatic carbocycles. The fourth-order valence-corrected chi connectivity index (χ4v) is 2.83. The second kappa shape index (κ2) is 5.95. The molecular weight excluding hydrogens is 335 g/mol. The number of amides is 1. The number of carbonyl (C=O) groups excluding carboxylic acids is 1. The highest BCUT2D eigenvalue weighted by Crippen LogP contribution is 2.24. The molecule has 0 bridgehead atoms. The highest BCUT2D eigenvalue weighted by molar-refractivity contribution is 9.10. The number of benzene rings is 2. The summed E-state index contributed by atoms with van der Waals surface area (Å²) in [5.74, 6) is -0.969. The Morgan fingerprint density at radius 3 is 2.95 bits per heavy atom. The Morgan fingerprint density at radius 2 is 2.14 bits per heavy atom. The standard InChI is InChI=1S/C16H14BrFN2O/c17-11-4-5-12(14(18)8-11)16(21)20-15-3-1-2-10-6-7-19-9-13(10)15/h1-5,8,19H,6-7,9H2,(H,20,21). The van der Waals surface area contributed by atoms with Crippen LogP contribution in [0, 0.1) is 5.82 Å². The van der Waals surface area contributed by atoms with Crippen LogP contribution in [0.3, 0.4) is 0 Å². The zero-order valence-electron chi connectivity index (χ0n) is 11.2. The van der Waals surface area contributed by atoms with Gasteiger partial charge in [0, 0.05) is 16.7 Å². The highest BCUT2D eigenvalue weighted by atomic mass is 79.9. The van der Waals surface area contributed by atoms with Gasteiger partial charge in [0.2, 0.25) is 0 Å². The Bertz CT molecular complexity index is 703. The van der Waals surface area contributed by atoms with Gasteiger partial charge in [-0.15, -0.1) is 0 Å². The van der Waals surface area contributed by atoms with Crippen LogP contribution < -0.4 is 10.6 Å². The Hall–Kier alpha value is -1.72. The summed E-state index contributed by atoms with van der Waals surface area (Å²) in [5.41, 5.74) is 3.09. The van der Waals surface area contributed by atoms with Crippen LogP contribution >= 0.6 is 15.9 Å². The molecule has 0 atom stereocenters. The molecule has 1 aliphatic heterocycles. The van der Waals surface area contributed by atoms with Crippen LogP contribution in [0.2, 0.25) is 0 Å². The highest BCUT2D eigenvalue weighted by Gasteiger charge is 2.16. The topological polar surface area (TPSA) is 41.1 Å². The first-order valence-electron chi connectivity index (χ1n) is 6.73. The minimum Gasteiger partial charge on any atom is -0.322 e. The summed E-state index contributed by atoms with van der Waals surface area (Å²) in [5, 5.41) is 6.09. The lowest BCUT2D eigenvalue weighted by molar-refractivity contribution is 0.102. The summed E-state index contributed by atoms with van der Waals surface area (Å²) in [6, 6.07) is 10.2. The molecule has 5 heteroatoms. The number of nitrogens with one attached hydrogen (secondary N) is 2. The van der Waals surface area contributed by atoms with Crippen molar-refractivity contribution in [2.24, 2.45) is 0 Å². The summed E-state index contributed by atoms with van der Waals surface area (Å²) in [7, 11) is 0. The minimum atomic E-state index is -0.537. The van der Waals surface area contributed by atoms with E-state index in [9.17, 15) is 9.18 Å². The average Bonchev–Trinajstić information content (AvgIpc) is 2.47. The monoisotopic (exact) mass is 348 g/mol. The van der Waals surface area contributed by atoms with Crippen LogP contribution in [0.25, 0.3) is 0 Å². The lowest BCUT2D eigenvalue weighted by Crippen LogP contribution is -2.25. The third kappa shape index (κ3) is 2.99. The fourth-order valence-electron chi connectivity index (χ4n) is 2.49. The van der Waals surface area contributed by atoms with Gasteiger partial charge in [0.05, 0.1) is 5.56 Å². The molecule has 108 valence electrons. The van der Waals surface area contributed by atoms with E-state index < -0.39 is 11.7 Å². The van der Waals surface area contributed by atoms with E-state index in [1.54, 1.807) is 6.07 Å². The van der Waals surface area contributed by atoms with Crippen LogP contribution in [0.15, 0.2) is 40.9 Å². The molecule has 3 rings (SSSR count). The van der Waals surface area contributed by atoms with E-state index in [1.165, 1.54) is 17.7 Å². The quantitative estimate of drug-likeness (QED) is 0.872. The van der Waals surface area contributed by atoms with Gasteiger partial charge in [0.1, 0.15) is 5.82 Å². The summed E-state index contributed by atoms with van der Waals surface area (Å²) >= 11 is 3.18. The molecule has 0 saturated heterocycles. The second-order valence-corrected chi connectivity index (χ2v) is 5.86. The second-order valence-electron chi connectivity index (χ2n) is 4.95. The van der Waals surface area contributed by atoms with E-state index in [0.29, 0.717) is 11.0 Å². The van der Waals surface area contributed by atoms with Gasteiger partial charge in [-0.05, 0) is 48.4 Å². The predicted octanol–water partition coefficient (Wildman–Crippen LogP) is 3.49. The summed E-state index contributed by atoms with van der Waals surface area (Å²) in [6.07, 6.45) is 0.936. The van der Waals surface area contributed by atoms with Crippen molar-refractivity contribution < 1.29 is 9.18 Å². The number of hydrogen-bond acceptors (Lipinski definition) is 2. The van der Waals surface area contributed by atoms with Crippen LogP contribution in [0.5, 0.6) is 0 Å². The van der Waals surface area contributed by atoms with E-state index in [1.807, 2.05) is 12.1 Å². The first-order valence-corrected chi connectivity index (χ1v) is 7.52. The maximum atomic E-state index is 13.8. The molecule has 1 heterocycles. The van der Waals surface area contributed by atoms with Crippen molar-refractivity contribution in [3.63, 3.8) is 0 Å². The van der Waals surface area contributed by atoms with E-state index in [0.717, 1.165) is 24.2 Å². The number of carbonyl (C=O) groups is 1. The third-order valence-electron chi connectivity index (χ3n) is 3.57. The van der Waals surface area contributed by atoms with Crippen molar-refractivity contribution in [2.75, 3.05) is 11.9 Å². The zero-order valence-corrected chi connectivity index (χ0v) is 12.8. The third-order valence-corrected chi connectivity index (χ3v) is 4.06. The van der Waals surface area contributed by atoms with Crippen molar-refractivity contribution in [1.82, 2.24) is 5.32 Å². The number of rotatable bonds is 2. The predicted molar refractivity (Wildman–Crippen MR) is 83.9 cm³/mol. The molecule has 0 radical (unpaired) electrons. The number of anilines is 1. The largest absolute Gasteiger partial charge is 0.322 e. The van der Waals surface area contributed by atoms with E-state index in [-0.39, 0.29) is 5.56 Å². The molecule has 1 amide bonds. The Morgan fingerprint density at radius 1 is 1.29 bits per heavy atom. The fraction of sp³-hybridized carbons (Fsp3) is 0.188. The van der Waals surface area contributed by atoms with Gasteiger partial charge in [-0.1, -0.05) is 28.1 Å². The molecule has 0 aromatic heterocycles. The molecule has 0 unspecified atom stereocenters. The summed E-state index contributed by atoms with van der Waals surface area (Å²) < 4.78 is 14.4. The van der Waals surface area contributed by atoms with E-state index in [4.69, 9.17) is 0 Å². The van der Waals surface area contributed by atoms with Gasteiger partial charge in [-0.2, -0.15) is 0 Å². The van der Waals surface area contributed by atoms with Gasteiger partial charge in [0.15, 0.2) is 0 Å². The van der Waals surface area contributed by atoms with Gasteiger partial charge >= 0.3 is 0 Å². The molecule has 3 nitrogen and oxygen atoms in total. The summed E-state index contributed by atoms with van der Waals surface area (Å²) in [4.78, 5) is 12.2. The average molecular weight is 349 g/mol. The van der Waals surface area contributed by atoms with Crippen molar-refractivity contribution in [3.05, 3.63) is 63.4 Å². The molecule has 21 heavy (non-hydrogen) atoms. The lowest BCUT2D eigenvalue weighted by atomic mass is 9.99. The zero-order chi connectivity index (χ0) is 14.8. The number of hydrogen-bond donors (Lipinski definition) is 2. The maximum absolute atomic E-state index is 13.8. The molecular formula is C16H14BrFN2O. The smallest absolute Gasteiger partial charge is 0.258 e. The van der Waals surface area contributed by atoms with Gasteiger partial charge < -0.3 is 10.6 Å². The summed E-state index contributed by atoms with van der Waals surface area (Å²) in [6.45, 7) is 1.65. The molecule has 0 saturated carbocycles. The molecule has 2 N–H and O–H groups in total. The van der Waals surface area contributed by atoms with Crippen LogP contribution in [0.1, 0.15) is 21.5 Å². The molecule has 0 fully saturated rings. The Labute approximate surface area is 130 Å². The van der Waals surface area contributed by atoms with Gasteiger partial charge in [-0.25, -0.2) is 4.39 Å². The first kappa shape index (κ1) is 14.2. The Balaban J connectivity index is 1.88. The van der Waals surface area contributed by atoms with Crippen molar-refractivity contribution in [3.8, 4) is 0 Å². The SMILES string of the molecule is O=C(Nc1cccc2c1CNCC2)c1ccc(Br)cc1F. The van der Waals surface area contributed by atoms with E-state index >= 15 is 0 Å². The number of fused-ring (bicyclic) bond motifs is 1. The van der Waals surface area contributed by atoms with Crippen LogP contribution in [-0.2, 0) is 13.0 Å². The van der Waals surface area contributed by atoms with Crippen LogP contribution in [-0.4, -0.2) is 12.5 Å². The van der Waals surface area contributed by atoms with Crippen molar-refractivity contribution in [1.29, 1.82) is 0 Å². The van der Waals surface area contributed by atoms with Gasteiger partial charge in [-0.3, -0.25) is 4.79 Å². The number of halogens is 2. The maximum Gasteiger partial charge on any atom is 0.258 e. The molecule has 0 spiro atoms. The minimum absolute atomic E-state index is 0.0413. The van der Waals surface area contributed by atoms with Crippen molar-refractivity contribution in [2.45, 2.75) is 13.0 Å². The lowest BCUT2D eigenvalue weighted by Gasteiger charge is -2.20. The van der Waals surface area contributed by atoms with Crippen molar-refractivity contribution >= 4 is 27.5 Å². The normalized spacial score (nSPS) is 13.6. The molecule has 1 aliphatic rings. The van der Waals surface area contributed by atoms with E-state index in [2.05, 4.69) is 32.6 Å². The van der Waals surface area contributed by atoms with Gasteiger partial charge in [0.25, 0.3) is 5.91 Å². The first-order chi connectivity index (χ1) is 10.1.